The van der Waals surface area contributed by atoms with Crippen LogP contribution in [0.2, 0.25) is 0 Å². The number of hydrogen-bond donors (Lipinski definition) is 8. The van der Waals surface area contributed by atoms with Crippen molar-refractivity contribution in [2.45, 2.75) is 44.2 Å². The second kappa shape index (κ2) is 13.6. The molecule has 0 aliphatic carbocycles. The van der Waals surface area contributed by atoms with Gasteiger partial charge in [-0.15, -0.1) is 0 Å². The van der Waals surface area contributed by atoms with Gasteiger partial charge in [0.05, 0.1) is 6.42 Å². The molecule has 0 saturated heterocycles. The van der Waals surface area contributed by atoms with Gasteiger partial charge in [0.25, 0.3) is 0 Å². The summed E-state index contributed by atoms with van der Waals surface area (Å²) < 4.78 is 0. The SMILES string of the molecule is N=C(N)c1ccc(CCCCNC(=O)N[C@@H](CC(=O)O)C(=O)NC(Cc2c[nH]c3ccccc23)C(=O)O)cc1. The molecule has 12 nitrogen and oxygen atoms in total. The van der Waals surface area contributed by atoms with Gasteiger partial charge in [-0.1, -0.05) is 42.5 Å². The van der Waals surface area contributed by atoms with E-state index in [-0.39, 0.29) is 18.8 Å². The van der Waals surface area contributed by atoms with Gasteiger partial charge in [0.15, 0.2) is 0 Å². The first kappa shape index (κ1) is 28.7. The quantitative estimate of drug-likeness (QED) is 0.0867. The lowest BCUT2D eigenvalue weighted by molar-refractivity contribution is -0.142. The average molecular weight is 537 g/mol. The number of aromatic nitrogens is 1. The maximum absolute atomic E-state index is 12.8. The Labute approximate surface area is 224 Å². The van der Waals surface area contributed by atoms with Crippen molar-refractivity contribution in [2.75, 3.05) is 6.54 Å². The largest absolute Gasteiger partial charge is 0.481 e. The third-order valence-corrected chi connectivity index (χ3v) is 6.16. The predicted octanol–water partition coefficient (Wildman–Crippen LogP) is 1.73. The number of benzene rings is 2. The van der Waals surface area contributed by atoms with Gasteiger partial charge < -0.3 is 36.9 Å². The lowest BCUT2D eigenvalue weighted by Gasteiger charge is -2.20. The first-order valence-corrected chi connectivity index (χ1v) is 12.4. The smallest absolute Gasteiger partial charge is 0.326 e. The number of amides is 3. The number of hydrogen-bond acceptors (Lipinski definition) is 5. The number of nitrogens with two attached hydrogens (primary N) is 1. The van der Waals surface area contributed by atoms with E-state index in [0.29, 0.717) is 17.5 Å². The number of aliphatic carboxylic acids is 2. The number of nitrogen functional groups attached to an aromatic ring is 1. The van der Waals surface area contributed by atoms with Gasteiger partial charge in [0.1, 0.15) is 17.9 Å². The number of aromatic amines is 1. The van der Waals surface area contributed by atoms with Crippen molar-refractivity contribution < 1.29 is 29.4 Å². The molecule has 0 spiro atoms. The zero-order valence-corrected chi connectivity index (χ0v) is 21.2. The van der Waals surface area contributed by atoms with Gasteiger partial charge in [-0.3, -0.25) is 15.0 Å². The standard InChI is InChI=1S/C27H32N6O6/c28-24(29)17-10-8-16(9-11-17)5-3-4-12-30-27(39)33-21(14-23(34)35)25(36)32-22(26(37)38)13-18-15-31-20-7-2-1-6-19(18)20/h1-2,6-11,15,21-22,31H,3-5,12-14H2,(H3,28,29)(H,32,36)(H,34,35)(H,37,38)(H2,30,33,39)/t21-,22?/m0/s1. The monoisotopic (exact) mass is 536 g/mol. The van der Waals surface area contributed by atoms with Crippen molar-refractivity contribution in [3.8, 4) is 0 Å². The number of nitrogens with one attached hydrogen (secondary N) is 5. The Hall–Kier alpha value is -4.87. The number of carboxylic acid groups (broad SMARTS) is 2. The zero-order valence-electron chi connectivity index (χ0n) is 21.2. The molecule has 206 valence electrons. The van der Waals surface area contributed by atoms with Crippen LogP contribution in [-0.4, -0.2) is 63.5 Å². The van der Waals surface area contributed by atoms with Crippen LogP contribution in [0.15, 0.2) is 54.7 Å². The Kier molecular flexibility index (Phi) is 10.0. The van der Waals surface area contributed by atoms with Crippen LogP contribution in [0.1, 0.15) is 36.0 Å². The van der Waals surface area contributed by atoms with Crippen molar-refractivity contribution in [2.24, 2.45) is 5.73 Å². The molecule has 9 N–H and O–H groups in total. The topological polar surface area (TPSA) is 210 Å². The minimum Gasteiger partial charge on any atom is -0.481 e. The number of fused-ring (bicyclic) bond motifs is 1. The van der Waals surface area contributed by atoms with E-state index in [1.807, 2.05) is 36.4 Å². The first-order valence-electron chi connectivity index (χ1n) is 12.4. The molecule has 39 heavy (non-hydrogen) atoms. The number of amidine groups is 1. The maximum Gasteiger partial charge on any atom is 0.326 e. The molecule has 3 amide bonds. The highest BCUT2D eigenvalue weighted by atomic mass is 16.4. The van der Waals surface area contributed by atoms with Crippen LogP contribution in [0.25, 0.3) is 10.9 Å². The number of para-hydroxylation sites is 1. The van der Waals surface area contributed by atoms with Crippen molar-refractivity contribution in [3.05, 3.63) is 71.4 Å². The molecule has 0 aliphatic rings. The molecular formula is C27H32N6O6. The van der Waals surface area contributed by atoms with E-state index in [4.69, 9.17) is 11.1 Å². The lowest BCUT2D eigenvalue weighted by Crippen LogP contribution is -2.54. The number of carbonyl (C=O) groups excluding carboxylic acids is 2. The molecular weight excluding hydrogens is 504 g/mol. The molecule has 1 aromatic heterocycles. The van der Waals surface area contributed by atoms with Crippen LogP contribution in [0.3, 0.4) is 0 Å². The van der Waals surface area contributed by atoms with Gasteiger partial charge in [-0.2, -0.15) is 0 Å². The van der Waals surface area contributed by atoms with Crippen LogP contribution in [0.4, 0.5) is 4.79 Å². The number of aryl methyl sites for hydroxylation is 1. The molecule has 0 saturated carbocycles. The molecule has 1 heterocycles. The number of urea groups is 1. The Morgan fingerprint density at radius 2 is 1.67 bits per heavy atom. The summed E-state index contributed by atoms with van der Waals surface area (Å²) in [7, 11) is 0. The van der Waals surface area contributed by atoms with E-state index in [2.05, 4.69) is 20.9 Å². The Morgan fingerprint density at radius 3 is 2.33 bits per heavy atom. The Morgan fingerprint density at radius 1 is 0.949 bits per heavy atom. The third-order valence-electron chi connectivity index (χ3n) is 6.16. The van der Waals surface area contributed by atoms with Crippen LogP contribution >= 0.6 is 0 Å². The van der Waals surface area contributed by atoms with Crippen LogP contribution in [0.5, 0.6) is 0 Å². The van der Waals surface area contributed by atoms with Crippen molar-refractivity contribution >= 4 is 40.6 Å². The second-order valence-corrected chi connectivity index (χ2v) is 9.08. The third kappa shape index (κ3) is 8.59. The molecule has 0 radical (unpaired) electrons. The van der Waals surface area contributed by atoms with Gasteiger partial charge in [0.2, 0.25) is 5.91 Å². The highest BCUT2D eigenvalue weighted by molar-refractivity contribution is 5.95. The van der Waals surface area contributed by atoms with E-state index in [1.54, 1.807) is 18.3 Å². The van der Waals surface area contributed by atoms with E-state index < -0.39 is 42.4 Å². The molecule has 0 fully saturated rings. The molecule has 12 heteroatoms. The van der Waals surface area contributed by atoms with Crippen LogP contribution < -0.4 is 21.7 Å². The summed E-state index contributed by atoms with van der Waals surface area (Å²) >= 11 is 0. The molecule has 0 aliphatic heterocycles. The molecule has 0 bridgehead atoms. The van der Waals surface area contributed by atoms with Crippen molar-refractivity contribution in [1.29, 1.82) is 5.41 Å². The molecule has 3 rings (SSSR count). The fourth-order valence-corrected chi connectivity index (χ4v) is 4.09. The average Bonchev–Trinajstić information content (AvgIpc) is 3.30. The van der Waals surface area contributed by atoms with Crippen LogP contribution in [-0.2, 0) is 27.2 Å². The first-order chi connectivity index (χ1) is 18.6. The number of carboxylic acids is 2. The highest BCUT2D eigenvalue weighted by Gasteiger charge is 2.29. The van der Waals surface area contributed by atoms with E-state index in [1.165, 1.54) is 0 Å². The molecule has 3 aromatic rings. The second-order valence-electron chi connectivity index (χ2n) is 9.08. The van der Waals surface area contributed by atoms with Crippen molar-refractivity contribution in [1.82, 2.24) is 20.9 Å². The minimum atomic E-state index is -1.47. The molecule has 2 atom stereocenters. The summed E-state index contributed by atoms with van der Waals surface area (Å²) in [5.41, 5.74) is 8.64. The number of H-pyrrole nitrogens is 1. The van der Waals surface area contributed by atoms with Crippen LogP contribution in [0, 0.1) is 5.41 Å². The van der Waals surface area contributed by atoms with Gasteiger partial charge in [0, 0.05) is 35.6 Å². The summed E-state index contributed by atoms with van der Waals surface area (Å²) in [6.07, 6.45) is 3.05. The Balaban J connectivity index is 1.50. The normalized spacial score (nSPS) is 12.3. The maximum atomic E-state index is 12.8. The summed E-state index contributed by atoms with van der Waals surface area (Å²) in [4.78, 5) is 51.4. The Bertz CT molecular complexity index is 1340. The summed E-state index contributed by atoms with van der Waals surface area (Å²) in [6, 6.07) is 11.1. The summed E-state index contributed by atoms with van der Waals surface area (Å²) in [5.74, 6) is -3.52. The van der Waals surface area contributed by atoms with E-state index in [0.717, 1.165) is 29.3 Å². The number of carbonyl (C=O) groups is 4. The number of unbranched alkanes of at least 4 members (excludes halogenated alkanes) is 1. The van der Waals surface area contributed by atoms with Gasteiger partial charge in [-0.05, 0) is 36.5 Å². The van der Waals surface area contributed by atoms with Crippen molar-refractivity contribution in [3.63, 3.8) is 0 Å². The fourth-order valence-electron chi connectivity index (χ4n) is 4.09. The lowest BCUT2D eigenvalue weighted by atomic mass is 10.0. The molecule has 2 aromatic carbocycles. The predicted molar refractivity (Wildman–Crippen MR) is 145 cm³/mol. The minimum absolute atomic E-state index is 0.000548. The van der Waals surface area contributed by atoms with E-state index >= 15 is 0 Å². The summed E-state index contributed by atoms with van der Waals surface area (Å²) in [6.45, 7) is 0.289. The van der Waals surface area contributed by atoms with Gasteiger partial charge in [-0.25, -0.2) is 9.59 Å². The number of rotatable bonds is 14. The van der Waals surface area contributed by atoms with Gasteiger partial charge >= 0.3 is 18.0 Å². The van der Waals surface area contributed by atoms with E-state index in [9.17, 15) is 29.4 Å². The molecule has 1 unspecified atom stereocenters. The highest BCUT2D eigenvalue weighted by Crippen LogP contribution is 2.19. The summed E-state index contributed by atoms with van der Waals surface area (Å²) in [5, 5.41) is 34.4. The zero-order chi connectivity index (χ0) is 28.4. The fraction of sp³-hybridized carbons (Fsp3) is 0.296.